The van der Waals surface area contributed by atoms with Crippen LogP contribution in [0.2, 0.25) is 0 Å². The Morgan fingerprint density at radius 2 is 1.65 bits per heavy atom. The summed E-state index contributed by atoms with van der Waals surface area (Å²) in [6, 6.07) is 15.2. The van der Waals surface area contributed by atoms with E-state index in [9.17, 15) is 9.59 Å². The number of ether oxygens (including phenoxy) is 1. The Bertz CT molecular complexity index is 810. The van der Waals surface area contributed by atoms with Crippen LogP contribution in [0.25, 0.3) is 0 Å². The van der Waals surface area contributed by atoms with Gasteiger partial charge >= 0.3 is 6.03 Å². The first-order valence-corrected chi connectivity index (χ1v) is 8.07. The molecule has 3 amide bonds. The quantitative estimate of drug-likeness (QED) is 0.743. The van der Waals surface area contributed by atoms with E-state index in [1.807, 2.05) is 19.9 Å². The first-order chi connectivity index (χ1) is 12.5. The molecule has 0 fully saturated rings. The lowest BCUT2D eigenvalue weighted by Gasteiger charge is -2.11. The normalized spacial score (nSPS) is 9.92. The van der Waals surface area contributed by atoms with Crippen LogP contribution >= 0.6 is 0 Å². The van der Waals surface area contributed by atoms with Crippen molar-refractivity contribution in [2.75, 3.05) is 17.2 Å². The number of benzene rings is 2. The maximum atomic E-state index is 12.0. The van der Waals surface area contributed by atoms with Gasteiger partial charge in [0.05, 0.1) is 5.56 Å². The number of nitrogens with zero attached hydrogens (tertiary/aromatic N) is 1. The fraction of sp³-hybridized carbons (Fsp3) is 0.211. The van der Waals surface area contributed by atoms with Gasteiger partial charge in [0.1, 0.15) is 11.8 Å². The van der Waals surface area contributed by atoms with Crippen molar-refractivity contribution in [3.8, 4) is 11.8 Å². The highest BCUT2D eigenvalue weighted by molar-refractivity contribution is 5.93. The van der Waals surface area contributed by atoms with Gasteiger partial charge in [-0.3, -0.25) is 4.79 Å². The van der Waals surface area contributed by atoms with Crippen molar-refractivity contribution in [1.82, 2.24) is 5.32 Å². The number of urea groups is 1. The van der Waals surface area contributed by atoms with Gasteiger partial charge in [0.25, 0.3) is 5.91 Å². The second-order valence-electron chi connectivity index (χ2n) is 5.78. The average molecular weight is 352 g/mol. The molecule has 0 saturated heterocycles. The number of para-hydroxylation sites is 1. The standard InChI is InChI=1S/C19H20N4O3/c1-13(2)21-19(25)23-16-9-7-15(8-10-16)22-18(24)12-26-17-6-4-3-5-14(17)11-20/h3-10,13H,12H2,1-2H3,(H,22,24)(H2,21,23,25). The number of carbonyl (C=O) groups is 2. The Morgan fingerprint density at radius 3 is 2.27 bits per heavy atom. The molecule has 3 N–H and O–H groups in total. The van der Waals surface area contributed by atoms with Crippen LogP contribution in [0.1, 0.15) is 19.4 Å². The number of rotatable bonds is 6. The van der Waals surface area contributed by atoms with Crippen molar-refractivity contribution in [1.29, 1.82) is 5.26 Å². The van der Waals surface area contributed by atoms with Crippen LogP contribution in [0, 0.1) is 11.3 Å². The van der Waals surface area contributed by atoms with E-state index in [0.717, 1.165) is 0 Å². The molecule has 26 heavy (non-hydrogen) atoms. The molecule has 2 aromatic carbocycles. The summed E-state index contributed by atoms with van der Waals surface area (Å²) in [6.07, 6.45) is 0. The third kappa shape index (κ3) is 5.83. The molecule has 2 aromatic rings. The second kappa shape index (κ2) is 9.08. The molecular formula is C19H20N4O3. The maximum Gasteiger partial charge on any atom is 0.319 e. The summed E-state index contributed by atoms with van der Waals surface area (Å²) in [5.74, 6) is 0.0110. The highest BCUT2D eigenvalue weighted by Crippen LogP contribution is 2.17. The van der Waals surface area contributed by atoms with Crippen LogP contribution in [-0.2, 0) is 4.79 Å². The summed E-state index contributed by atoms with van der Waals surface area (Å²) >= 11 is 0. The van der Waals surface area contributed by atoms with Gasteiger partial charge in [0.2, 0.25) is 0 Å². The molecule has 0 aliphatic rings. The van der Waals surface area contributed by atoms with Crippen molar-refractivity contribution in [3.63, 3.8) is 0 Å². The van der Waals surface area contributed by atoms with Crippen LogP contribution in [0.4, 0.5) is 16.2 Å². The van der Waals surface area contributed by atoms with E-state index in [-0.39, 0.29) is 24.6 Å². The lowest BCUT2D eigenvalue weighted by Crippen LogP contribution is -2.34. The summed E-state index contributed by atoms with van der Waals surface area (Å²) in [4.78, 5) is 23.6. The number of nitriles is 1. The zero-order valence-corrected chi connectivity index (χ0v) is 14.6. The molecule has 0 unspecified atom stereocenters. The van der Waals surface area contributed by atoms with Gasteiger partial charge in [0, 0.05) is 17.4 Å². The second-order valence-corrected chi connectivity index (χ2v) is 5.78. The van der Waals surface area contributed by atoms with E-state index in [2.05, 4.69) is 16.0 Å². The highest BCUT2D eigenvalue weighted by atomic mass is 16.5. The molecule has 0 aliphatic heterocycles. The smallest absolute Gasteiger partial charge is 0.319 e. The third-order valence-corrected chi connectivity index (χ3v) is 3.21. The number of nitrogens with one attached hydrogen (secondary N) is 3. The van der Waals surface area contributed by atoms with Crippen LogP contribution in [0.5, 0.6) is 5.75 Å². The third-order valence-electron chi connectivity index (χ3n) is 3.21. The zero-order valence-electron chi connectivity index (χ0n) is 14.6. The lowest BCUT2D eigenvalue weighted by molar-refractivity contribution is -0.118. The molecule has 7 heteroatoms. The van der Waals surface area contributed by atoms with E-state index in [0.29, 0.717) is 22.7 Å². The number of hydrogen-bond donors (Lipinski definition) is 3. The predicted molar refractivity (Wildman–Crippen MR) is 99.0 cm³/mol. The largest absolute Gasteiger partial charge is 0.482 e. The van der Waals surface area contributed by atoms with Gasteiger partial charge in [-0.05, 0) is 50.2 Å². The topological polar surface area (TPSA) is 103 Å². The summed E-state index contributed by atoms with van der Waals surface area (Å²) < 4.78 is 5.38. The first kappa shape index (κ1) is 18.8. The highest BCUT2D eigenvalue weighted by Gasteiger charge is 2.07. The van der Waals surface area contributed by atoms with Crippen LogP contribution in [0.15, 0.2) is 48.5 Å². The van der Waals surface area contributed by atoms with Gasteiger partial charge < -0.3 is 20.7 Å². The van der Waals surface area contributed by atoms with E-state index < -0.39 is 0 Å². The van der Waals surface area contributed by atoms with E-state index in [1.54, 1.807) is 48.5 Å². The van der Waals surface area contributed by atoms with Crippen molar-refractivity contribution in [3.05, 3.63) is 54.1 Å². The fourth-order valence-corrected chi connectivity index (χ4v) is 2.09. The fourth-order valence-electron chi connectivity index (χ4n) is 2.09. The molecular weight excluding hydrogens is 332 g/mol. The van der Waals surface area contributed by atoms with Crippen LogP contribution in [-0.4, -0.2) is 24.6 Å². The van der Waals surface area contributed by atoms with Crippen molar-refractivity contribution < 1.29 is 14.3 Å². The molecule has 2 rings (SSSR count). The number of carbonyl (C=O) groups excluding carboxylic acids is 2. The van der Waals surface area contributed by atoms with E-state index in [1.165, 1.54) is 0 Å². The molecule has 0 bridgehead atoms. The number of hydrogen-bond acceptors (Lipinski definition) is 4. The van der Waals surface area contributed by atoms with Gasteiger partial charge in [-0.1, -0.05) is 12.1 Å². The zero-order chi connectivity index (χ0) is 18.9. The Hall–Kier alpha value is -3.53. The predicted octanol–water partition coefficient (Wildman–Crippen LogP) is 3.11. The van der Waals surface area contributed by atoms with E-state index in [4.69, 9.17) is 10.00 Å². The average Bonchev–Trinajstić information content (AvgIpc) is 2.61. The SMILES string of the molecule is CC(C)NC(=O)Nc1ccc(NC(=O)COc2ccccc2C#N)cc1. The minimum absolute atomic E-state index is 0.0414. The van der Waals surface area contributed by atoms with Gasteiger partial charge in [-0.15, -0.1) is 0 Å². The molecule has 0 aromatic heterocycles. The van der Waals surface area contributed by atoms with Crippen molar-refractivity contribution in [2.24, 2.45) is 0 Å². The van der Waals surface area contributed by atoms with E-state index >= 15 is 0 Å². The number of anilines is 2. The maximum absolute atomic E-state index is 12.0. The molecule has 7 nitrogen and oxygen atoms in total. The van der Waals surface area contributed by atoms with Gasteiger partial charge in [-0.2, -0.15) is 5.26 Å². The Labute approximate surface area is 152 Å². The van der Waals surface area contributed by atoms with Crippen LogP contribution in [0.3, 0.4) is 0 Å². The van der Waals surface area contributed by atoms with Crippen molar-refractivity contribution in [2.45, 2.75) is 19.9 Å². The summed E-state index contributed by atoms with van der Waals surface area (Å²) in [5.41, 5.74) is 1.55. The van der Waals surface area contributed by atoms with Gasteiger partial charge in [-0.25, -0.2) is 4.79 Å². The Balaban J connectivity index is 1.85. The summed E-state index contributed by atoms with van der Waals surface area (Å²) in [5, 5.41) is 17.1. The Kier molecular flexibility index (Phi) is 6.57. The number of amides is 3. The molecule has 0 radical (unpaired) electrons. The molecule has 0 saturated carbocycles. The summed E-state index contributed by atoms with van der Waals surface area (Å²) in [6.45, 7) is 3.53. The molecule has 0 aliphatic carbocycles. The van der Waals surface area contributed by atoms with Crippen molar-refractivity contribution >= 4 is 23.3 Å². The molecule has 0 heterocycles. The minimum atomic E-state index is -0.351. The van der Waals surface area contributed by atoms with Crippen LogP contribution < -0.4 is 20.7 Å². The molecule has 134 valence electrons. The summed E-state index contributed by atoms with van der Waals surface area (Å²) in [7, 11) is 0. The van der Waals surface area contributed by atoms with Gasteiger partial charge in [0.15, 0.2) is 6.61 Å². The molecule has 0 atom stereocenters. The lowest BCUT2D eigenvalue weighted by atomic mass is 10.2. The first-order valence-electron chi connectivity index (χ1n) is 8.07. The Morgan fingerprint density at radius 1 is 1.04 bits per heavy atom. The molecule has 0 spiro atoms. The minimum Gasteiger partial charge on any atom is -0.482 e. The monoisotopic (exact) mass is 352 g/mol.